The minimum atomic E-state index is -0.141. The van der Waals surface area contributed by atoms with Gasteiger partial charge in [-0.25, -0.2) is 0 Å². The van der Waals surface area contributed by atoms with Gasteiger partial charge in [0.2, 0.25) is 5.91 Å². The van der Waals surface area contributed by atoms with Gasteiger partial charge in [0.05, 0.1) is 0 Å². The summed E-state index contributed by atoms with van der Waals surface area (Å²) in [5.74, 6) is 0.716. The second-order valence-corrected chi connectivity index (χ2v) is 8.05. The molecule has 2 aromatic carbocycles. The molecule has 2 amide bonds. The summed E-state index contributed by atoms with van der Waals surface area (Å²) in [6.45, 7) is 2.24. The lowest BCUT2D eigenvalue weighted by atomic mass is 10.1. The molecule has 0 saturated heterocycles. The maximum absolute atomic E-state index is 12.4. The van der Waals surface area contributed by atoms with Crippen molar-refractivity contribution in [1.29, 1.82) is 0 Å². The molecule has 0 spiro atoms. The molecule has 29 heavy (non-hydrogen) atoms. The number of nitrogens with one attached hydrogen (secondary N) is 2. The van der Waals surface area contributed by atoms with Gasteiger partial charge in [-0.05, 0) is 55.2 Å². The molecule has 4 nitrogen and oxygen atoms in total. The lowest BCUT2D eigenvalue weighted by Crippen LogP contribution is -2.15. The van der Waals surface area contributed by atoms with E-state index in [0.29, 0.717) is 17.2 Å². The molecule has 0 aromatic heterocycles. The molecule has 0 bridgehead atoms. The highest BCUT2D eigenvalue weighted by Gasteiger charge is 2.42. The quantitative estimate of drug-likeness (QED) is 0.443. The fourth-order valence-corrected chi connectivity index (χ4v) is 3.74. The molecule has 1 saturated carbocycles. The van der Waals surface area contributed by atoms with Gasteiger partial charge in [0.15, 0.2) is 0 Å². The largest absolute Gasteiger partial charge is 0.326 e. The maximum Gasteiger partial charge on any atom is 0.255 e. The molecule has 2 N–H and O–H groups in total. The zero-order valence-corrected chi connectivity index (χ0v) is 17.3. The first-order valence-corrected chi connectivity index (χ1v) is 10.9. The van der Waals surface area contributed by atoms with Gasteiger partial charge >= 0.3 is 0 Å². The predicted molar refractivity (Wildman–Crippen MR) is 119 cm³/mol. The van der Waals surface area contributed by atoms with Gasteiger partial charge in [0.1, 0.15) is 0 Å². The van der Waals surface area contributed by atoms with Crippen molar-refractivity contribution in [2.75, 3.05) is 10.6 Å². The number of unbranched alkanes of at least 4 members (excludes halogenated alkanes) is 5. The monoisotopic (exact) mass is 392 g/mol. The smallest absolute Gasteiger partial charge is 0.255 e. The molecule has 3 rings (SSSR count). The average Bonchev–Trinajstić information content (AvgIpc) is 3.52. The Hall–Kier alpha value is -2.62. The Morgan fingerprint density at radius 1 is 0.828 bits per heavy atom. The fraction of sp³-hybridized carbons (Fsp3) is 0.440. The Morgan fingerprint density at radius 2 is 1.45 bits per heavy atom. The number of carbonyl (C=O) groups is 2. The van der Waals surface area contributed by atoms with Crippen molar-refractivity contribution in [3.8, 4) is 0 Å². The van der Waals surface area contributed by atoms with Crippen LogP contribution in [0.4, 0.5) is 11.4 Å². The van der Waals surface area contributed by atoms with Gasteiger partial charge in [0.25, 0.3) is 5.91 Å². The molecule has 2 aromatic rings. The van der Waals surface area contributed by atoms with Crippen LogP contribution in [0, 0.1) is 11.8 Å². The van der Waals surface area contributed by atoms with E-state index in [1.54, 1.807) is 12.1 Å². The van der Waals surface area contributed by atoms with E-state index in [9.17, 15) is 9.59 Å². The van der Waals surface area contributed by atoms with Crippen molar-refractivity contribution >= 4 is 23.2 Å². The van der Waals surface area contributed by atoms with E-state index >= 15 is 0 Å². The summed E-state index contributed by atoms with van der Waals surface area (Å²) in [6.07, 6.45) is 10.0. The number of rotatable bonds is 11. The molecule has 0 unspecified atom stereocenters. The summed E-state index contributed by atoms with van der Waals surface area (Å²) < 4.78 is 0. The van der Waals surface area contributed by atoms with Crippen LogP contribution in [0.25, 0.3) is 0 Å². The topological polar surface area (TPSA) is 58.2 Å². The number of benzene rings is 2. The summed E-state index contributed by atoms with van der Waals surface area (Å²) in [5, 5.41) is 5.88. The molecule has 2 atom stereocenters. The van der Waals surface area contributed by atoms with Crippen molar-refractivity contribution in [2.45, 2.75) is 58.3 Å². The standard InChI is InChI=1S/C25H32N2O2/c1-2-3-4-5-6-8-13-20-18-23(20)25(29)27-22-16-14-21(15-17-22)26-24(28)19-11-9-7-10-12-19/h7,9-12,14-17,20,23H,2-6,8,13,18H2,1H3,(H,26,28)(H,27,29)/t20-,23-/m0/s1. The van der Waals surface area contributed by atoms with Crippen molar-refractivity contribution in [3.05, 3.63) is 60.2 Å². The highest BCUT2D eigenvalue weighted by atomic mass is 16.2. The van der Waals surface area contributed by atoms with Crippen LogP contribution < -0.4 is 10.6 Å². The minimum absolute atomic E-state index is 0.127. The van der Waals surface area contributed by atoms with Gasteiger partial charge in [-0.3, -0.25) is 9.59 Å². The number of hydrogen-bond donors (Lipinski definition) is 2. The van der Waals surface area contributed by atoms with Crippen LogP contribution in [0.3, 0.4) is 0 Å². The normalized spacial score (nSPS) is 17.6. The number of anilines is 2. The Morgan fingerprint density at radius 3 is 2.14 bits per heavy atom. The molecule has 0 radical (unpaired) electrons. The van der Waals surface area contributed by atoms with Crippen LogP contribution in [-0.2, 0) is 4.79 Å². The van der Waals surface area contributed by atoms with Gasteiger partial charge in [-0.15, -0.1) is 0 Å². The molecule has 1 aliphatic carbocycles. The lowest BCUT2D eigenvalue weighted by Gasteiger charge is -2.08. The van der Waals surface area contributed by atoms with E-state index in [2.05, 4.69) is 17.6 Å². The summed E-state index contributed by atoms with van der Waals surface area (Å²) in [7, 11) is 0. The maximum atomic E-state index is 12.4. The van der Waals surface area contributed by atoms with E-state index in [-0.39, 0.29) is 17.7 Å². The van der Waals surface area contributed by atoms with Gasteiger partial charge in [-0.2, -0.15) is 0 Å². The van der Waals surface area contributed by atoms with E-state index in [4.69, 9.17) is 0 Å². The molecule has 1 aliphatic rings. The molecule has 0 heterocycles. The van der Waals surface area contributed by atoms with Crippen molar-refractivity contribution < 1.29 is 9.59 Å². The van der Waals surface area contributed by atoms with Crippen molar-refractivity contribution in [1.82, 2.24) is 0 Å². The average molecular weight is 393 g/mol. The third kappa shape index (κ3) is 6.74. The number of carbonyl (C=O) groups excluding carboxylic acids is 2. The van der Waals surface area contributed by atoms with Crippen molar-refractivity contribution in [3.63, 3.8) is 0 Å². The SMILES string of the molecule is CCCCCCCC[C@H]1C[C@@H]1C(=O)Nc1ccc(NC(=O)c2ccccc2)cc1. The second-order valence-electron chi connectivity index (χ2n) is 8.05. The summed E-state index contributed by atoms with van der Waals surface area (Å²) in [5.41, 5.74) is 2.11. The van der Waals surface area contributed by atoms with Gasteiger partial charge in [-0.1, -0.05) is 63.6 Å². The molecular formula is C25H32N2O2. The van der Waals surface area contributed by atoms with E-state index < -0.39 is 0 Å². The lowest BCUT2D eigenvalue weighted by molar-refractivity contribution is -0.117. The first-order chi connectivity index (χ1) is 14.2. The summed E-state index contributed by atoms with van der Waals surface area (Å²) >= 11 is 0. The van der Waals surface area contributed by atoms with E-state index in [1.807, 2.05) is 42.5 Å². The van der Waals surface area contributed by atoms with Crippen LogP contribution in [0.15, 0.2) is 54.6 Å². The molecule has 154 valence electrons. The molecule has 1 fully saturated rings. The Kier molecular flexibility index (Phi) is 7.85. The molecular weight excluding hydrogens is 360 g/mol. The fourth-order valence-electron chi connectivity index (χ4n) is 3.74. The Balaban J connectivity index is 1.38. The van der Waals surface area contributed by atoms with E-state index in [1.165, 1.54) is 44.9 Å². The number of amides is 2. The highest BCUT2D eigenvalue weighted by molar-refractivity contribution is 6.04. The minimum Gasteiger partial charge on any atom is -0.326 e. The Labute approximate surface area is 174 Å². The van der Waals surface area contributed by atoms with Crippen LogP contribution in [0.2, 0.25) is 0 Å². The molecule has 4 heteroatoms. The van der Waals surface area contributed by atoms with Crippen LogP contribution >= 0.6 is 0 Å². The Bertz CT molecular complexity index is 786. The molecule has 0 aliphatic heterocycles. The van der Waals surface area contributed by atoms with E-state index in [0.717, 1.165) is 12.1 Å². The zero-order valence-electron chi connectivity index (χ0n) is 17.3. The van der Waals surface area contributed by atoms with Crippen LogP contribution in [0.5, 0.6) is 0 Å². The predicted octanol–water partition coefficient (Wildman–Crippen LogP) is 6.26. The van der Waals surface area contributed by atoms with Gasteiger partial charge < -0.3 is 10.6 Å². The second kappa shape index (κ2) is 10.8. The zero-order chi connectivity index (χ0) is 20.5. The first kappa shape index (κ1) is 21.1. The number of hydrogen-bond acceptors (Lipinski definition) is 2. The summed E-state index contributed by atoms with van der Waals surface area (Å²) in [6, 6.07) is 16.4. The van der Waals surface area contributed by atoms with Gasteiger partial charge in [0, 0.05) is 22.9 Å². The third-order valence-electron chi connectivity index (χ3n) is 5.63. The first-order valence-electron chi connectivity index (χ1n) is 10.9. The van der Waals surface area contributed by atoms with Crippen molar-refractivity contribution in [2.24, 2.45) is 11.8 Å². The van der Waals surface area contributed by atoms with Crippen LogP contribution in [-0.4, -0.2) is 11.8 Å². The third-order valence-corrected chi connectivity index (χ3v) is 5.63. The summed E-state index contributed by atoms with van der Waals surface area (Å²) in [4.78, 5) is 24.6. The highest BCUT2D eigenvalue weighted by Crippen LogP contribution is 2.43. The van der Waals surface area contributed by atoms with Crippen LogP contribution in [0.1, 0.15) is 68.6 Å².